The van der Waals surface area contributed by atoms with Crippen LogP contribution in [0.15, 0.2) is 30.0 Å². The number of anilines is 1. The summed E-state index contributed by atoms with van der Waals surface area (Å²) in [5, 5.41) is 11.9. The van der Waals surface area contributed by atoms with Gasteiger partial charge in [-0.1, -0.05) is 0 Å². The normalized spacial score (nSPS) is 10.8. The van der Waals surface area contributed by atoms with E-state index in [4.69, 9.17) is 5.26 Å². The topological polar surface area (TPSA) is 56.1 Å². The van der Waals surface area contributed by atoms with Crippen molar-refractivity contribution >= 4 is 34.2 Å². The summed E-state index contributed by atoms with van der Waals surface area (Å²) in [5.41, 5.74) is 1.83. The van der Waals surface area contributed by atoms with Crippen LogP contribution < -0.4 is 5.32 Å². The largest absolute Gasteiger partial charge is 0.377 e. The Morgan fingerprint density at radius 3 is 2.60 bits per heavy atom. The van der Waals surface area contributed by atoms with Crippen molar-refractivity contribution in [3.05, 3.63) is 39.1 Å². The number of hydrogen-bond donors (Lipinski definition) is 1. The lowest BCUT2D eigenvalue weighted by Gasteiger charge is -2.16. The number of aryl methyl sites for hydroxylation is 1. The molecule has 1 aromatic rings. The summed E-state index contributed by atoms with van der Waals surface area (Å²) in [6, 6.07) is 7.71. The molecule has 1 aromatic carbocycles. The maximum Gasteiger partial charge on any atom is 0.267 e. The molecule has 0 bridgehead atoms. The molecule has 0 spiro atoms. The molecule has 0 unspecified atom stereocenters. The van der Waals surface area contributed by atoms with E-state index in [1.54, 1.807) is 6.20 Å². The van der Waals surface area contributed by atoms with E-state index in [1.807, 2.05) is 49.9 Å². The fraction of sp³-hybridized carbons (Fsp3) is 0.333. The molecule has 1 rings (SSSR count). The van der Waals surface area contributed by atoms with Crippen LogP contribution in [-0.2, 0) is 4.79 Å². The van der Waals surface area contributed by atoms with E-state index in [0.29, 0.717) is 0 Å². The van der Waals surface area contributed by atoms with Crippen LogP contribution in [0.2, 0.25) is 0 Å². The van der Waals surface area contributed by atoms with Gasteiger partial charge in [-0.2, -0.15) is 5.26 Å². The molecule has 0 saturated carbocycles. The average Bonchev–Trinajstić information content (AvgIpc) is 2.43. The predicted octanol–water partition coefficient (Wildman–Crippen LogP) is 3.29. The minimum absolute atomic E-state index is 0.117. The lowest BCUT2D eigenvalue weighted by molar-refractivity contribution is -0.112. The van der Waals surface area contributed by atoms with Crippen LogP contribution in [0.3, 0.4) is 0 Å². The van der Waals surface area contributed by atoms with Crippen LogP contribution in [-0.4, -0.2) is 23.9 Å². The first-order valence-electron chi connectivity index (χ1n) is 6.45. The van der Waals surface area contributed by atoms with E-state index in [9.17, 15) is 4.79 Å². The first kappa shape index (κ1) is 16.5. The van der Waals surface area contributed by atoms with Crippen LogP contribution in [0.5, 0.6) is 0 Å². The molecule has 0 aliphatic rings. The second-order valence-electron chi connectivity index (χ2n) is 4.29. The summed E-state index contributed by atoms with van der Waals surface area (Å²) in [5.74, 6) is -0.372. The van der Waals surface area contributed by atoms with Gasteiger partial charge in [0.2, 0.25) is 0 Å². The Hall–Kier alpha value is -1.55. The molecule has 0 fully saturated rings. The number of nitriles is 1. The van der Waals surface area contributed by atoms with Crippen molar-refractivity contribution in [1.29, 1.82) is 5.26 Å². The van der Waals surface area contributed by atoms with Crippen LogP contribution in [0.1, 0.15) is 19.4 Å². The Labute approximate surface area is 133 Å². The fourth-order valence-electron chi connectivity index (χ4n) is 1.68. The third-order valence-corrected chi connectivity index (χ3v) is 3.60. The van der Waals surface area contributed by atoms with Gasteiger partial charge >= 0.3 is 0 Å². The third-order valence-electron chi connectivity index (χ3n) is 2.93. The zero-order valence-corrected chi connectivity index (χ0v) is 14.1. The minimum atomic E-state index is -0.372. The maximum absolute atomic E-state index is 12.1. The van der Waals surface area contributed by atoms with Gasteiger partial charge in [-0.25, -0.2) is 0 Å². The molecule has 4 nitrogen and oxygen atoms in total. The highest BCUT2D eigenvalue weighted by atomic mass is 127. The van der Waals surface area contributed by atoms with Crippen molar-refractivity contribution < 1.29 is 4.79 Å². The van der Waals surface area contributed by atoms with E-state index in [1.165, 1.54) is 0 Å². The molecule has 0 atom stereocenters. The lowest BCUT2D eigenvalue weighted by atomic mass is 10.2. The molecule has 0 aromatic heterocycles. The molecule has 0 radical (unpaired) electrons. The van der Waals surface area contributed by atoms with Crippen molar-refractivity contribution in [3.8, 4) is 6.07 Å². The molecule has 1 N–H and O–H groups in total. The van der Waals surface area contributed by atoms with Crippen molar-refractivity contribution in [1.82, 2.24) is 4.90 Å². The number of carbonyl (C=O) groups excluding carboxylic acids is 1. The molecule has 0 aliphatic carbocycles. The van der Waals surface area contributed by atoms with Crippen molar-refractivity contribution in [2.45, 2.75) is 20.8 Å². The monoisotopic (exact) mass is 383 g/mol. The van der Waals surface area contributed by atoms with Crippen LogP contribution in [0.4, 0.5) is 5.69 Å². The number of nitrogens with one attached hydrogen (secondary N) is 1. The van der Waals surface area contributed by atoms with Gasteiger partial charge < -0.3 is 10.2 Å². The molecular weight excluding hydrogens is 365 g/mol. The number of benzene rings is 1. The highest BCUT2D eigenvalue weighted by Crippen LogP contribution is 2.18. The van der Waals surface area contributed by atoms with Gasteiger partial charge in [-0.15, -0.1) is 0 Å². The molecule has 5 heteroatoms. The first-order chi connectivity index (χ1) is 9.51. The van der Waals surface area contributed by atoms with Crippen molar-refractivity contribution in [2.24, 2.45) is 0 Å². The standard InChI is InChI=1S/C15H18IN3O/c1-4-19(5-2)10-12(9-17)15(20)18-14-7-6-13(16)8-11(14)3/h6-8,10H,4-5H2,1-3H3,(H,18,20)/b12-10-. The van der Waals surface area contributed by atoms with E-state index in [-0.39, 0.29) is 11.5 Å². The number of amides is 1. The Balaban J connectivity index is 2.91. The fourth-order valence-corrected chi connectivity index (χ4v) is 2.33. The van der Waals surface area contributed by atoms with Gasteiger partial charge in [-0.05, 0) is 67.1 Å². The SMILES string of the molecule is CCN(/C=C(/C#N)C(=O)Nc1ccc(I)cc1C)CC. The number of carbonyl (C=O) groups is 1. The van der Waals surface area contributed by atoms with Gasteiger partial charge in [0, 0.05) is 28.5 Å². The highest BCUT2D eigenvalue weighted by molar-refractivity contribution is 14.1. The van der Waals surface area contributed by atoms with Crippen LogP contribution >= 0.6 is 22.6 Å². The summed E-state index contributed by atoms with van der Waals surface area (Å²) in [4.78, 5) is 14.0. The van der Waals surface area contributed by atoms with E-state index < -0.39 is 0 Å². The van der Waals surface area contributed by atoms with Gasteiger partial charge in [0.05, 0.1) is 0 Å². The van der Waals surface area contributed by atoms with Crippen LogP contribution in [0, 0.1) is 21.8 Å². The van der Waals surface area contributed by atoms with Gasteiger partial charge in [-0.3, -0.25) is 4.79 Å². The average molecular weight is 383 g/mol. The number of nitrogens with zero attached hydrogens (tertiary/aromatic N) is 2. The second-order valence-corrected chi connectivity index (χ2v) is 5.53. The molecule has 0 aliphatic heterocycles. The first-order valence-corrected chi connectivity index (χ1v) is 7.53. The Morgan fingerprint density at radius 2 is 2.10 bits per heavy atom. The quantitative estimate of drug-likeness (QED) is 0.482. The lowest BCUT2D eigenvalue weighted by Crippen LogP contribution is -2.21. The van der Waals surface area contributed by atoms with Gasteiger partial charge in [0.25, 0.3) is 5.91 Å². The summed E-state index contributed by atoms with van der Waals surface area (Å²) in [6.45, 7) is 7.42. The Bertz CT molecular complexity index is 557. The summed E-state index contributed by atoms with van der Waals surface area (Å²) in [6.07, 6.45) is 1.61. The third kappa shape index (κ3) is 4.53. The summed E-state index contributed by atoms with van der Waals surface area (Å²) < 4.78 is 1.11. The minimum Gasteiger partial charge on any atom is -0.377 e. The van der Waals surface area contributed by atoms with Gasteiger partial charge in [0.1, 0.15) is 11.6 Å². The van der Waals surface area contributed by atoms with Crippen molar-refractivity contribution in [2.75, 3.05) is 18.4 Å². The number of halogens is 1. The highest BCUT2D eigenvalue weighted by Gasteiger charge is 2.11. The summed E-state index contributed by atoms with van der Waals surface area (Å²) in [7, 11) is 0. The van der Waals surface area contributed by atoms with E-state index >= 15 is 0 Å². The molecule has 106 valence electrons. The van der Waals surface area contributed by atoms with Gasteiger partial charge in [0.15, 0.2) is 0 Å². The Morgan fingerprint density at radius 1 is 1.45 bits per heavy atom. The molecular formula is C15H18IN3O. The van der Waals surface area contributed by atoms with E-state index in [0.717, 1.165) is 27.9 Å². The van der Waals surface area contributed by atoms with Crippen molar-refractivity contribution in [3.63, 3.8) is 0 Å². The Kier molecular flexibility index (Phi) is 6.52. The predicted molar refractivity (Wildman–Crippen MR) is 89.1 cm³/mol. The number of rotatable bonds is 5. The smallest absolute Gasteiger partial charge is 0.267 e. The van der Waals surface area contributed by atoms with Crippen LogP contribution in [0.25, 0.3) is 0 Å². The molecule has 0 saturated heterocycles. The summed E-state index contributed by atoms with van der Waals surface area (Å²) >= 11 is 2.22. The second kappa shape index (κ2) is 7.90. The van der Waals surface area contributed by atoms with E-state index in [2.05, 4.69) is 27.9 Å². The zero-order chi connectivity index (χ0) is 15.1. The zero-order valence-electron chi connectivity index (χ0n) is 11.9. The number of hydrogen-bond acceptors (Lipinski definition) is 3. The maximum atomic E-state index is 12.1. The molecule has 1 amide bonds. The molecule has 20 heavy (non-hydrogen) atoms. The molecule has 0 heterocycles.